The number of ether oxygens (including phenoxy) is 1. The average Bonchev–Trinajstić information content (AvgIpc) is 2.96. The molecule has 0 spiro atoms. The Balaban J connectivity index is 1.70. The molecule has 3 heteroatoms. The molecule has 1 atom stereocenters. The summed E-state index contributed by atoms with van der Waals surface area (Å²) in [6.45, 7) is 2.85. The van der Waals surface area contributed by atoms with Crippen LogP contribution in [0.3, 0.4) is 0 Å². The molecule has 0 aliphatic rings. The monoisotopic (exact) mass is 289 g/mol. The normalized spacial score (nSPS) is 12.3. The summed E-state index contributed by atoms with van der Waals surface area (Å²) in [5.41, 5.74) is 1.24. The van der Waals surface area contributed by atoms with E-state index in [0.29, 0.717) is 6.04 Å². The molecule has 108 valence electrons. The van der Waals surface area contributed by atoms with Crippen molar-refractivity contribution in [2.75, 3.05) is 13.7 Å². The summed E-state index contributed by atoms with van der Waals surface area (Å²) < 4.78 is 5.82. The van der Waals surface area contributed by atoms with Crippen LogP contribution in [0.1, 0.15) is 23.3 Å². The standard InChI is InChI=1S/C17H23NOS/c1-14-5-3-6-16(13-14)19-11-10-15(18-2)8-9-17-7-4-12-20-17/h3-7,12-13,15,18H,8-11H2,1-2H3. The van der Waals surface area contributed by atoms with E-state index in [0.717, 1.165) is 31.6 Å². The summed E-state index contributed by atoms with van der Waals surface area (Å²) in [5, 5.41) is 5.53. The van der Waals surface area contributed by atoms with Crippen molar-refractivity contribution in [3.8, 4) is 5.75 Å². The van der Waals surface area contributed by atoms with E-state index in [1.807, 2.05) is 30.5 Å². The molecule has 20 heavy (non-hydrogen) atoms. The lowest BCUT2D eigenvalue weighted by Gasteiger charge is -2.16. The summed E-state index contributed by atoms with van der Waals surface area (Å²) in [5.74, 6) is 0.970. The van der Waals surface area contributed by atoms with E-state index in [9.17, 15) is 0 Å². The van der Waals surface area contributed by atoms with Crippen molar-refractivity contribution in [1.82, 2.24) is 5.32 Å². The second-order valence-electron chi connectivity index (χ2n) is 5.06. The Morgan fingerprint density at radius 3 is 2.80 bits per heavy atom. The van der Waals surface area contributed by atoms with Gasteiger partial charge in [-0.3, -0.25) is 0 Å². The minimum atomic E-state index is 0.516. The topological polar surface area (TPSA) is 21.3 Å². The third-order valence-corrected chi connectivity index (χ3v) is 4.39. The lowest BCUT2D eigenvalue weighted by Crippen LogP contribution is -2.27. The molecule has 2 aromatic rings. The Morgan fingerprint density at radius 2 is 2.10 bits per heavy atom. The van der Waals surface area contributed by atoms with Gasteiger partial charge in [-0.25, -0.2) is 0 Å². The predicted octanol–water partition coefficient (Wildman–Crippen LogP) is 4.05. The highest BCUT2D eigenvalue weighted by Crippen LogP contribution is 2.15. The van der Waals surface area contributed by atoms with Crippen molar-refractivity contribution in [2.45, 2.75) is 32.2 Å². The zero-order valence-electron chi connectivity index (χ0n) is 12.3. The van der Waals surface area contributed by atoms with E-state index in [1.165, 1.54) is 10.4 Å². The van der Waals surface area contributed by atoms with Crippen molar-refractivity contribution >= 4 is 11.3 Å². The highest BCUT2D eigenvalue weighted by Gasteiger charge is 2.07. The minimum Gasteiger partial charge on any atom is -0.494 e. The van der Waals surface area contributed by atoms with Gasteiger partial charge in [0.15, 0.2) is 0 Å². The third-order valence-electron chi connectivity index (χ3n) is 3.45. The molecular formula is C17H23NOS. The minimum absolute atomic E-state index is 0.516. The number of rotatable bonds is 8. The Hall–Kier alpha value is -1.32. The Bertz CT molecular complexity index is 495. The van der Waals surface area contributed by atoms with Crippen LogP contribution in [0.2, 0.25) is 0 Å². The van der Waals surface area contributed by atoms with E-state index in [-0.39, 0.29) is 0 Å². The Kier molecular flexibility index (Phi) is 6.09. The first-order chi connectivity index (χ1) is 9.78. The van der Waals surface area contributed by atoms with Crippen LogP contribution in [0.25, 0.3) is 0 Å². The van der Waals surface area contributed by atoms with Gasteiger partial charge in [-0.15, -0.1) is 11.3 Å². The van der Waals surface area contributed by atoms with E-state index in [1.54, 1.807) is 0 Å². The molecule has 1 N–H and O–H groups in total. The summed E-state index contributed by atoms with van der Waals surface area (Å²) >= 11 is 1.84. The maximum absolute atomic E-state index is 5.82. The van der Waals surface area contributed by atoms with Gasteiger partial charge in [-0.05, 0) is 62.4 Å². The van der Waals surface area contributed by atoms with Crippen LogP contribution in [-0.2, 0) is 6.42 Å². The van der Waals surface area contributed by atoms with E-state index in [2.05, 4.69) is 41.9 Å². The lowest BCUT2D eigenvalue weighted by atomic mass is 10.1. The van der Waals surface area contributed by atoms with Crippen molar-refractivity contribution < 1.29 is 4.74 Å². The van der Waals surface area contributed by atoms with Gasteiger partial charge in [-0.2, -0.15) is 0 Å². The van der Waals surface area contributed by atoms with Crippen LogP contribution < -0.4 is 10.1 Å². The second kappa shape index (κ2) is 8.08. The molecule has 0 radical (unpaired) electrons. The van der Waals surface area contributed by atoms with E-state index in [4.69, 9.17) is 4.74 Å². The zero-order valence-corrected chi connectivity index (χ0v) is 13.1. The fourth-order valence-electron chi connectivity index (χ4n) is 2.23. The molecule has 0 saturated heterocycles. The number of hydrogen-bond donors (Lipinski definition) is 1. The molecule has 2 rings (SSSR count). The SMILES string of the molecule is CNC(CCOc1cccc(C)c1)CCc1cccs1. The van der Waals surface area contributed by atoms with E-state index >= 15 is 0 Å². The van der Waals surface area contributed by atoms with Gasteiger partial charge in [0, 0.05) is 10.9 Å². The maximum atomic E-state index is 5.82. The van der Waals surface area contributed by atoms with E-state index < -0.39 is 0 Å². The van der Waals surface area contributed by atoms with Crippen molar-refractivity contribution in [3.63, 3.8) is 0 Å². The molecule has 0 amide bonds. The van der Waals surface area contributed by atoms with Crippen molar-refractivity contribution in [1.29, 1.82) is 0 Å². The van der Waals surface area contributed by atoms with Gasteiger partial charge in [-0.1, -0.05) is 18.2 Å². The quantitative estimate of drug-likeness (QED) is 0.791. The fourth-order valence-corrected chi connectivity index (χ4v) is 2.95. The first-order valence-corrected chi connectivity index (χ1v) is 8.05. The van der Waals surface area contributed by atoms with Crippen LogP contribution >= 0.6 is 11.3 Å². The summed E-state index contributed by atoms with van der Waals surface area (Å²) in [4.78, 5) is 1.46. The van der Waals surface area contributed by atoms with Gasteiger partial charge >= 0.3 is 0 Å². The zero-order chi connectivity index (χ0) is 14.2. The number of thiophene rings is 1. The van der Waals surface area contributed by atoms with Crippen molar-refractivity contribution in [2.24, 2.45) is 0 Å². The first-order valence-electron chi connectivity index (χ1n) is 7.17. The van der Waals surface area contributed by atoms with Gasteiger partial charge < -0.3 is 10.1 Å². The van der Waals surface area contributed by atoms with Crippen LogP contribution in [0, 0.1) is 6.92 Å². The molecular weight excluding hydrogens is 266 g/mol. The van der Waals surface area contributed by atoms with Crippen LogP contribution in [0.5, 0.6) is 5.75 Å². The number of nitrogens with one attached hydrogen (secondary N) is 1. The number of hydrogen-bond acceptors (Lipinski definition) is 3. The Labute approximate surface area is 125 Å². The highest BCUT2D eigenvalue weighted by atomic mass is 32.1. The third kappa shape index (κ3) is 4.99. The van der Waals surface area contributed by atoms with Gasteiger partial charge in [0.2, 0.25) is 0 Å². The molecule has 0 saturated carbocycles. The summed E-state index contributed by atoms with van der Waals surface area (Å²) in [6, 6.07) is 13.1. The van der Waals surface area contributed by atoms with Crippen LogP contribution in [0.15, 0.2) is 41.8 Å². The lowest BCUT2D eigenvalue weighted by molar-refractivity contribution is 0.285. The fraction of sp³-hybridized carbons (Fsp3) is 0.412. The molecule has 1 unspecified atom stereocenters. The van der Waals surface area contributed by atoms with Crippen LogP contribution in [0.4, 0.5) is 0 Å². The molecule has 1 aromatic carbocycles. The number of benzene rings is 1. The van der Waals surface area contributed by atoms with Crippen molar-refractivity contribution in [3.05, 3.63) is 52.2 Å². The number of aryl methyl sites for hydroxylation is 2. The highest BCUT2D eigenvalue weighted by molar-refractivity contribution is 7.09. The van der Waals surface area contributed by atoms with Gasteiger partial charge in [0.1, 0.15) is 5.75 Å². The first kappa shape index (κ1) is 15.1. The van der Waals surface area contributed by atoms with Gasteiger partial charge in [0.25, 0.3) is 0 Å². The molecule has 0 fully saturated rings. The largest absolute Gasteiger partial charge is 0.494 e. The molecule has 1 heterocycles. The summed E-state index contributed by atoms with van der Waals surface area (Å²) in [6.07, 6.45) is 3.34. The maximum Gasteiger partial charge on any atom is 0.119 e. The Morgan fingerprint density at radius 1 is 1.20 bits per heavy atom. The molecule has 0 bridgehead atoms. The van der Waals surface area contributed by atoms with Gasteiger partial charge in [0.05, 0.1) is 6.61 Å². The van der Waals surface area contributed by atoms with Crippen LogP contribution in [-0.4, -0.2) is 19.7 Å². The molecule has 0 aliphatic carbocycles. The predicted molar refractivity (Wildman–Crippen MR) is 86.8 cm³/mol. The summed E-state index contributed by atoms with van der Waals surface area (Å²) in [7, 11) is 2.03. The molecule has 1 aromatic heterocycles. The molecule has 2 nitrogen and oxygen atoms in total. The second-order valence-corrected chi connectivity index (χ2v) is 6.09. The smallest absolute Gasteiger partial charge is 0.119 e. The average molecular weight is 289 g/mol. The molecule has 0 aliphatic heterocycles.